The van der Waals surface area contributed by atoms with E-state index in [0.717, 1.165) is 17.9 Å². The van der Waals surface area contributed by atoms with Gasteiger partial charge in [-0.1, -0.05) is 13.8 Å². The lowest BCUT2D eigenvalue weighted by molar-refractivity contribution is 0.295. The molecule has 2 rings (SSSR count). The fourth-order valence-corrected chi connectivity index (χ4v) is 2.88. The number of nitrogens with zero attached hydrogens (tertiary/aromatic N) is 2. The van der Waals surface area contributed by atoms with E-state index in [1.54, 1.807) is 0 Å². The molecule has 1 aromatic heterocycles. The highest BCUT2D eigenvalue weighted by Gasteiger charge is 2.30. The number of hydrogen-bond acceptors (Lipinski definition) is 3. The standard InChI is InChI=1S/C14H22FN3/c1-9-4-10(2)11(3)18(8-9)14-12(6-16)5-13(15)7-17-14/h5,7,9-11H,4,6,8,16H2,1-3H3. The summed E-state index contributed by atoms with van der Waals surface area (Å²) in [5.74, 6) is 1.79. The van der Waals surface area contributed by atoms with Crippen molar-refractivity contribution in [3.05, 3.63) is 23.6 Å². The van der Waals surface area contributed by atoms with Crippen molar-refractivity contribution >= 4 is 5.82 Å². The second-order valence-corrected chi connectivity index (χ2v) is 5.55. The number of pyridine rings is 1. The fraction of sp³-hybridized carbons (Fsp3) is 0.643. The molecule has 2 heterocycles. The Bertz CT molecular complexity index is 422. The van der Waals surface area contributed by atoms with Crippen LogP contribution < -0.4 is 10.6 Å². The molecule has 1 saturated heterocycles. The van der Waals surface area contributed by atoms with Gasteiger partial charge in [-0.3, -0.25) is 0 Å². The maximum Gasteiger partial charge on any atom is 0.141 e. The second-order valence-electron chi connectivity index (χ2n) is 5.55. The summed E-state index contributed by atoms with van der Waals surface area (Å²) in [6.45, 7) is 8.02. The lowest BCUT2D eigenvalue weighted by Gasteiger charge is -2.42. The van der Waals surface area contributed by atoms with Crippen LogP contribution in [0.5, 0.6) is 0 Å². The molecule has 18 heavy (non-hydrogen) atoms. The van der Waals surface area contributed by atoms with Crippen LogP contribution in [0, 0.1) is 17.7 Å². The van der Waals surface area contributed by atoms with Gasteiger partial charge in [0.05, 0.1) is 6.20 Å². The molecule has 3 nitrogen and oxygen atoms in total. The Balaban J connectivity index is 2.34. The maximum absolute atomic E-state index is 13.2. The number of nitrogens with two attached hydrogens (primary N) is 1. The van der Waals surface area contributed by atoms with E-state index in [0.29, 0.717) is 24.4 Å². The third-order valence-corrected chi connectivity index (χ3v) is 4.00. The molecule has 1 aromatic rings. The lowest BCUT2D eigenvalue weighted by atomic mass is 9.86. The van der Waals surface area contributed by atoms with Gasteiger partial charge in [-0.25, -0.2) is 9.37 Å². The summed E-state index contributed by atoms with van der Waals surface area (Å²) in [5.41, 5.74) is 6.50. The van der Waals surface area contributed by atoms with Crippen molar-refractivity contribution in [2.45, 2.75) is 39.8 Å². The van der Waals surface area contributed by atoms with E-state index >= 15 is 0 Å². The number of aromatic nitrogens is 1. The molecule has 4 heteroatoms. The van der Waals surface area contributed by atoms with E-state index in [1.807, 2.05) is 0 Å². The van der Waals surface area contributed by atoms with Gasteiger partial charge in [-0.15, -0.1) is 0 Å². The van der Waals surface area contributed by atoms with E-state index < -0.39 is 0 Å². The van der Waals surface area contributed by atoms with Gasteiger partial charge in [0.1, 0.15) is 11.6 Å². The van der Waals surface area contributed by atoms with Gasteiger partial charge in [0.25, 0.3) is 0 Å². The van der Waals surface area contributed by atoms with Crippen LogP contribution in [0.3, 0.4) is 0 Å². The van der Waals surface area contributed by atoms with Crippen molar-refractivity contribution in [1.82, 2.24) is 4.98 Å². The predicted octanol–water partition coefficient (Wildman–Crippen LogP) is 2.55. The van der Waals surface area contributed by atoms with Crippen molar-refractivity contribution in [2.75, 3.05) is 11.4 Å². The largest absolute Gasteiger partial charge is 0.353 e. The molecule has 0 amide bonds. The summed E-state index contributed by atoms with van der Waals surface area (Å²) in [5, 5.41) is 0. The zero-order valence-electron chi connectivity index (χ0n) is 11.4. The molecular formula is C14H22FN3. The summed E-state index contributed by atoms with van der Waals surface area (Å²) in [4.78, 5) is 6.54. The van der Waals surface area contributed by atoms with E-state index in [2.05, 4.69) is 30.7 Å². The summed E-state index contributed by atoms with van der Waals surface area (Å²) < 4.78 is 13.2. The summed E-state index contributed by atoms with van der Waals surface area (Å²) >= 11 is 0. The highest BCUT2D eigenvalue weighted by Crippen LogP contribution is 2.31. The molecule has 0 aliphatic carbocycles. The first-order valence-electron chi connectivity index (χ1n) is 6.64. The van der Waals surface area contributed by atoms with Crippen LogP contribution in [0.25, 0.3) is 0 Å². The highest BCUT2D eigenvalue weighted by atomic mass is 19.1. The normalized spacial score (nSPS) is 28.5. The summed E-state index contributed by atoms with van der Waals surface area (Å²) in [7, 11) is 0. The van der Waals surface area contributed by atoms with Crippen molar-refractivity contribution in [2.24, 2.45) is 17.6 Å². The van der Waals surface area contributed by atoms with Gasteiger partial charge in [0, 0.05) is 24.7 Å². The van der Waals surface area contributed by atoms with E-state index in [1.165, 1.54) is 18.7 Å². The molecule has 0 bridgehead atoms. The van der Waals surface area contributed by atoms with Crippen LogP contribution in [0.1, 0.15) is 32.8 Å². The van der Waals surface area contributed by atoms with Crippen molar-refractivity contribution in [1.29, 1.82) is 0 Å². The molecule has 100 valence electrons. The average molecular weight is 251 g/mol. The Kier molecular flexibility index (Phi) is 3.85. The Morgan fingerprint density at radius 2 is 2.17 bits per heavy atom. The van der Waals surface area contributed by atoms with Crippen molar-refractivity contribution < 1.29 is 4.39 Å². The Morgan fingerprint density at radius 1 is 1.44 bits per heavy atom. The van der Waals surface area contributed by atoms with Gasteiger partial charge in [-0.2, -0.15) is 0 Å². The first-order valence-corrected chi connectivity index (χ1v) is 6.64. The maximum atomic E-state index is 13.2. The lowest BCUT2D eigenvalue weighted by Crippen LogP contribution is -2.46. The van der Waals surface area contributed by atoms with E-state index in [9.17, 15) is 4.39 Å². The fourth-order valence-electron chi connectivity index (χ4n) is 2.88. The molecule has 0 spiro atoms. The van der Waals surface area contributed by atoms with Crippen LogP contribution in [-0.2, 0) is 6.54 Å². The monoisotopic (exact) mass is 251 g/mol. The van der Waals surface area contributed by atoms with Gasteiger partial charge >= 0.3 is 0 Å². The number of halogens is 1. The summed E-state index contributed by atoms with van der Waals surface area (Å²) in [6, 6.07) is 1.92. The topological polar surface area (TPSA) is 42.2 Å². The molecular weight excluding hydrogens is 229 g/mol. The van der Waals surface area contributed by atoms with Crippen molar-refractivity contribution in [3.8, 4) is 0 Å². The SMILES string of the molecule is CC1CC(C)C(C)N(c2ncc(F)cc2CN)C1. The first-order chi connectivity index (χ1) is 8.52. The molecule has 3 atom stereocenters. The van der Waals surface area contributed by atoms with Gasteiger partial charge in [0.15, 0.2) is 0 Å². The molecule has 1 fully saturated rings. The Hall–Kier alpha value is -1.16. The zero-order chi connectivity index (χ0) is 13.3. The van der Waals surface area contributed by atoms with Gasteiger partial charge in [-0.05, 0) is 31.2 Å². The minimum absolute atomic E-state index is 0.315. The van der Waals surface area contributed by atoms with Gasteiger partial charge < -0.3 is 10.6 Å². The van der Waals surface area contributed by atoms with E-state index in [-0.39, 0.29) is 5.82 Å². The van der Waals surface area contributed by atoms with Crippen molar-refractivity contribution in [3.63, 3.8) is 0 Å². The average Bonchev–Trinajstić information content (AvgIpc) is 2.34. The molecule has 2 N–H and O–H groups in total. The van der Waals surface area contributed by atoms with E-state index in [4.69, 9.17) is 5.73 Å². The zero-order valence-corrected chi connectivity index (χ0v) is 11.4. The third kappa shape index (κ3) is 2.48. The van der Waals surface area contributed by atoms with Crippen LogP contribution in [0.2, 0.25) is 0 Å². The van der Waals surface area contributed by atoms with Crippen LogP contribution in [0.4, 0.5) is 10.2 Å². The number of hydrogen-bond donors (Lipinski definition) is 1. The van der Waals surface area contributed by atoms with Crippen LogP contribution in [0.15, 0.2) is 12.3 Å². The second kappa shape index (κ2) is 5.22. The minimum atomic E-state index is -0.315. The molecule has 0 saturated carbocycles. The first kappa shape index (κ1) is 13.3. The quantitative estimate of drug-likeness (QED) is 0.878. The van der Waals surface area contributed by atoms with Gasteiger partial charge in [0.2, 0.25) is 0 Å². The number of rotatable bonds is 2. The van der Waals surface area contributed by atoms with Crippen LogP contribution in [-0.4, -0.2) is 17.6 Å². The molecule has 0 aromatic carbocycles. The van der Waals surface area contributed by atoms with Crippen LogP contribution >= 0.6 is 0 Å². The molecule has 1 aliphatic heterocycles. The smallest absolute Gasteiger partial charge is 0.141 e. The molecule has 3 unspecified atom stereocenters. The number of anilines is 1. The molecule has 0 radical (unpaired) electrons. The Morgan fingerprint density at radius 3 is 2.83 bits per heavy atom. The summed E-state index contributed by atoms with van der Waals surface area (Å²) in [6.07, 6.45) is 2.52. The highest BCUT2D eigenvalue weighted by molar-refractivity contribution is 5.48. The predicted molar refractivity (Wildman–Crippen MR) is 71.8 cm³/mol. The third-order valence-electron chi connectivity index (χ3n) is 4.00. The minimum Gasteiger partial charge on any atom is -0.353 e. The number of piperidine rings is 1. The Labute approximate surface area is 108 Å². The molecule has 1 aliphatic rings.